The van der Waals surface area contributed by atoms with Gasteiger partial charge in [0.25, 0.3) is 0 Å². The van der Waals surface area contributed by atoms with E-state index in [1.807, 2.05) is 0 Å². The standard InChI is InChI=1S/C11H13FN6/c12-8-1-2-10(14-7-8)11-15-17-18(16-11)9-3-5-13-6-4-9/h1-2,7,9,13H,3-6H2. The minimum Gasteiger partial charge on any atom is -0.317 e. The maximum absolute atomic E-state index is 12.8. The molecule has 94 valence electrons. The maximum Gasteiger partial charge on any atom is 0.223 e. The topological polar surface area (TPSA) is 68.5 Å². The fourth-order valence-corrected chi connectivity index (χ4v) is 2.03. The Morgan fingerprint density at radius 2 is 2.11 bits per heavy atom. The highest BCUT2D eigenvalue weighted by Crippen LogP contribution is 2.17. The zero-order valence-corrected chi connectivity index (χ0v) is 9.75. The summed E-state index contributed by atoms with van der Waals surface area (Å²) >= 11 is 0. The van der Waals surface area contributed by atoms with Crippen molar-refractivity contribution < 1.29 is 4.39 Å². The van der Waals surface area contributed by atoms with Crippen LogP contribution in [0.15, 0.2) is 18.3 Å². The van der Waals surface area contributed by atoms with Gasteiger partial charge < -0.3 is 5.32 Å². The van der Waals surface area contributed by atoms with Gasteiger partial charge in [0.1, 0.15) is 11.5 Å². The number of rotatable bonds is 2. The average molecular weight is 248 g/mol. The first kappa shape index (κ1) is 11.2. The Labute approximate surface area is 103 Å². The fourth-order valence-electron chi connectivity index (χ4n) is 2.03. The van der Waals surface area contributed by atoms with Crippen LogP contribution < -0.4 is 5.32 Å². The first-order chi connectivity index (χ1) is 8.83. The molecule has 2 aromatic heterocycles. The first-order valence-corrected chi connectivity index (χ1v) is 5.95. The average Bonchev–Trinajstić information content (AvgIpc) is 2.90. The van der Waals surface area contributed by atoms with Crippen LogP contribution in [0.2, 0.25) is 0 Å². The first-order valence-electron chi connectivity index (χ1n) is 5.95. The van der Waals surface area contributed by atoms with E-state index < -0.39 is 0 Å². The molecule has 0 aliphatic carbocycles. The van der Waals surface area contributed by atoms with Gasteiger partial charge in [-0.25, -0.2) is 9.37 Å². The van der Waals surface area contributed by atoms with E-state index in [0.29, 0.717) is 11.5 Å². The van der Waals surface area contributed by atoms with Crippen molar-refractivity contribution in [1.82, 2.24) is 30.5 Å². The van der Waals surface area contributed by atoms with Crippen molar-refractivity contribution in [3.8, 4) is 11.5 Å². The molecule has 7 heteroatoms. The van der Waals surface area contributed by atoms with Crippen LogP contribution in [0, 0.1) is 5.82 Å². The van der Waals surface area contributed by atoms with Crippen molar-refractivity contribution in [2.45, 2.75) is 18.9 Å². The highest BCUT2D eigenvalue weighted by molar-refractivity contribution is 5.46. The molecule has 0 aromatic carbocycles. The summed E-state index contributed by atoms with van der Waals surface area (Å²) in [5.41, 5.74) is 0.539. The van der Waals surface area contributed by atoms with Crippen LogP contribution in [0.1, 0.15) is 18.9 Å². The summed E-state index contributed by atoms with van der Waals surface area (Å²) in [6, 6.07) is 3.18. The molecule has 0 atom stereocenters. The second kappa shape index (κ2) is 4.77. The Kier molecular flexibility index (Phi) is 2.97. The number of hydrogen-bond donors (Lipinski definition) is 1. The van der Waals surface area contributed by atoms with E-state index >= 15 is 0 Å². The monoisotopic (exact) mass is 248 g/mol. The highest BCUT2D eigenvalue weighted by Gasteiger charge is 2.18. The summed E-state index contributed by atoms with van der Waals surface area (Å²) in [7, 11) is 0. The minimum absolute atomic E-state index is 0.285. The van der Waals surface area contributed by atoms with Gasteiger partial charge in [-0.2, -0.15) is 4.80 Å². The van der Waals surface area contributed by atoms with Gasteiger partial charge in [-0.05, 0) is 43.3 Å². The fraction of sp³-hybridized carbons (Fsp3) is 0.455. The number of piperidine rings is 1. The largest absolute Gasteiger partial charge is 0.317 e. The number of nitrogens with one attached hydrogen (secondary N) is 1. The molecule has 1 aliphatic rings. The lowest BCUT2D eigenvalue weighted by atomic mass is 10.1. The summed E-state index contributed by atoms with van der Waals surface area (Å²) in [5, 5.41) is 15.6. The zero-order valence-electron chi connectivity index (χ0n) is 9.75. The Balaban J connectivity index is 1.82. The molecule has 1 aliphatic heterocycles. The number of hydrogen-bond acceptors (Lipinski definition) is 5. The molecule has 1 fully saturated rings. The predicted molar refractivity (Wildman–Crippen MR) is 62.1 cm³/mol. The van der Waals surface area contributed by atoms with Crippen molar-refractivity contribution in [3.05, 3.63) is 24.1 Å². The molecule has 0 radical (unpaired) electrons. The Morgan fingerprint density at radius 3 is 2.83 bits per heavy atom. The molecular formula is C11H13FN6. The summed E-state index contributed by atoms with van der Waals surface area (Å²) in [6.45, 7) is 1.94. The zero-order chi connectivity index (χ0) is 12.4. The van der Waals surface area contributed by atoms with Crippen LogP contribution in [-0.4, -0.2) is 38.3 Å². The van der Waals surface area contributed by atoms with Crippen LogP contribution in [0.4, 0.5) is 4.39 Å². The van der Waals surface area contributed by atoms with Crippen LogP contribution in [0.25, 0.3) is 11.5 Å². The number of aromatic nitrogens is 5. The van der Waals surface area contributed by atoms with Gasteiger partial charge in [0.15, 0.2) is 0 Å². The molecule has 1 saturated heterocycles. The third kappa shape index (κ3) is 2.21. The smallest absolute Gasteiger partial charge is 0.223 e. The van der Waals surface area contributed by atoms with E-state index in [1.165, 1.54) is 6.07 Å². The van der Waals surface area contributed by atoms with Crippen LogP contribution in [-0.2, 0) is 0 Å². The SMILES string of the molecule is Fc1ccc(-c2nnn(C3CCNCC3)n2)nc1. The van der Waals surface area contributed by atoms with Crippen LogP contribution in [0.3, 0.4) is 0 Å². The highest BCUT2D eigenvalue weighted by atomic mass is 19.1. The van der Waals surface area contributed by atoms with Crippen molar-refractivity contribution >= 4 is 0 Å². The van der Waals surface area contributed by atoms with Gasteiger partial charge in [0.2, 0.25) is 5.82 Å². The third-order valence-corrected chi connectivity index (χ3v) is 3.02. The number of pyridine rings is 1. The molecule has 0 spiro atoms. The van der Waals surface area contributed by atoms with Gasteiger partial charge in [-0.1, -0.05) is 0 Å². The van der Waals surface area contributed by atoms with Gasteiger partial charge in [-0.3, -0.25) is 0 Å². The van der Waals surface area contributed by atoms with E-state index in [0.717, 1.165) is 32.1 Å². The molecule has 0 saturated carbocycles. The normalized spacial score (nSPS) is 16.9. The Bertz CT molecular complexity index is 517. The van der Waals surface area contributed by atoms with E-state index in [9.17, 15) is 4.39 Å². The molecule has 0 amide bonds. The Morgan fingerprint density at radius 1 is 1.28 bits per heavy atom. The van der Waals surface area contributed by atoms with Crippen molar-refractivity contribution in [2.75, 3.05) is 13.1 Å². The number of nitrogens with zero attached hydrogens (tertiary/aromatic N) is 5. The summed E-state index contributed by atoms with van der Waals surface area (Å²) in [5.74, 6) is 0.0676. The van der Waals surface area contributed by atoms with E-state index in [4.69, 9.17) is 0 Å². The number of tetrazole rings is 1. The van der Waals surface area contributed by atoms with Gasteiger partial charge in [0, 0.05) is 0 Å². The molecule has 0 bridgehead atoms. The maximum atomic E-state index is 12.8. The van der Waals surface area contributed by atoms with Crippen molar-refractivity contribution in [3.63, 3.8) is 0 Å². The summed E-state index contributed by atoms with van der Waals surface area (Å²) in [4.78, 5) is 5.58. The van der Waals surface area contributed by atoms with Gasteiger partial charge in [0.05, 0.1) is 12.2 Å². The van der Waals surface area contributed by atoms with Crippen LogP contribution >= 0.6 is 0 Å². The number of halogens is 1. The molecule has 2 aromatic rings. The minimum atomic E-state index is -0.371. The summed E-state index contributed by atoms with van der Waals surface area (Å²) < 4.78 is 12.8. The second-order valence-corrected chi connectivity index (χ2v) is 4.28. The van der Waals surface area contributed by atoms with E-state index in [-0.39, 0.29) is 11.9 Å². The van der Waals surface area contributed by atoms with E-state index in [2.05, 4.69) is 25.7 Å². The van der Waals surface area contributed by atoms with Crippen LogP contribution in [0.5, 0.6) is 0 Å². The molecule has 0 unspecified atom stereocenters. The lowest BCUT2D eigenvalue weighted by Gasteiger charge is -2.20. The van der Waals surface area contributed by atoms with Crippen molar-refractivity contribution in [2.24, 2.45) is 0 Å². The van der Waals surface area contributed by atoms with E-state index in [1.54, 1.807) is 10.9 Å². The molecular weight excluding hydrogens is 235 g/mol. The molecule has 6 nitrogen and oxygen atoms in total. The quantitative estimate of drug-likeness (QED) is 0.851. The predicted octanol–water partition coefficient (Wildman–Crippen LogP) is 0.799. The van der Waals surface area contributed by atoms with Gasteiger partial charge >= 0.3 is 0 Å². The molecule has 3 heterocycles. The lowest BCUT2D eigenvalue weighted by molar-refractivity contribution is 0.309. The lowest BCUT2D eigenvalue weighted by Crippen LogP contribution is -2.30. The second-order valence-electron chi connectivity index (χ2n) is 4.28. The molecule has 3 rings (SSSR count). The van der Waals surface area contributed by atoms with Gasteiger partial charge in [-0.15, -0.1) is 10.2 Å². The Hall–Kier alpha value is -1.89. The summed E-state index contributed by atoms with van der Waals surface area (Å²) in [6.07, 6.45) is 3.14. The van der Waals surface area contributed by atoms with Crippen molar-refractivity contribution in [1.29, 1.82) is 0 Å². The molecule has 1 N–H and O–H groups in total. The third-order valence-electron chi connectivity index (χ3n) is 3.02. The molecule has 18 heavy (non-hydrogen) atoms.